The fraction of sp³-hybridized carbons (Fsp3) is 0.826. The van der Waals surface area contributed by atoms with Gasteiger partial charge in [0.05, 0.1) is 19.7 Å². The number of methoxy groups -OCH3 is 1. The first-order valence-corrected chi connectivity index (χ1v) is 11.9. The largest absolute Gasteiger partial charge is 0.468 e. The number of hydrogen-bond acceptors (Lipinski definition) is 8. The van der Waals surface area contributed by atoms with Crippen LogP contribution >= 0.6 is 0 Å². The first-order chi connectivity index (χ1) is 16.0. The van der Waals surface area contributed by atoms with Crippen LogP contribution in [0.1, 0.15) is 66.7 Å². The molecule has 0 heterocycles. The van der Waals surface area contributed by atoms with E-state index in [0.717, 1.165) is 25.7 Å². The van der Waals surface area contributed by atoms with Crippen molar-refractivity contribution in [1.29, 1.82) is 0 Å². The van der Waals surface area contributed by atoms with Crippen LogP contribution in [0.4, 0.5) is 0 Å². The number of carbonyl (C=O) groups is 4. The molecule has 0 aliphatic heterocycles. The molecule has 0 aliphatic carbocycles. The van der Waals surface area contributed by atoms with Crippen molar-refractivity contribution >= 4 is 24.2 Å². The second-order valence-electron chi connectivity index (χ2n) is 8.14. The van der Waals surface area contributed by atoms with Crippen LogP contribution in [-0.4, -0.2) is 86.2 Å². The molecule has 11 nitrogen and oxygen atoms in total. The number of unbranched alkanes of at least 4 members (excludes halogenated alkanes) is 1. The molecule has 0 radical (unpaired) electrons. The van der Waals surface area contributed by atoms with Gasteiger partial charge in [-0.3, -0.25) is 19.2 Å². The molecule has 2 unspecified atom stereocenters. The summed E-state index contributed by atoms with van der Waals surface area (Å²) in [6.45, 7) is 11.2. The Morgan fingerprint density at radius 1 is 1.15 bits per heavy atom. The maximum absolute atomic E-state index is 12.4. The molecule has 0 aromatic rings. The van der Waals surface area contributed by atoms with E-state index in [-0.39, 0.29) is 37.6 Å². The van der Waals surface area contributed by atoms with Gasteiger partial charge in [-0.2, -0.15) is 0 Å². The second-order valence-corrected chi connectivity index (χ2v) is 8.14. The lowest BCUT2D eigenvalue weighted by atomic mass is 10.0. The minimum Gasteiger partial charge on any atom is -0.468 e. The molecule has 11 heteroatoms. The minimum absolute atomic E-state index is 0.0556. The molecule has 0 saturated heterocycles. The van der Waals surface area contributed by atoms with Gasteiger partial charge in [0.15, 0.2) is 0 Å². The molecule has 0 bridgehead atoms. The molecule has 0 saturated carbocycles. The van der Waals surface area contributed by atoms with Crippen molar-refractivity contribution < 1.29 is 29.0 Å². The topological polar surface area (TPSA) is 177 Å². The Kier molecular flexibility index (Phi) is 27.1. The summed E-state index contributed by atoms with van der Waals surface area (Å²) in [4.78, 5) is 45.8. The number of amides is 3. The molecule has 0 rings (SSSR count). The van der Waals surface area contributed by atoms with Crippen molar-refractivity contribution in [2.45, 2.75) is 78.8 Å². The van der Waals surface area contributed by atoms with Crippen molar-refractivity contribution in [3.05, 3.63) is 0 Å². The highest BCUT2D eigenvalue weighted by molar-refractivity contribution is 5.87. The number of nitrogens with two attached hydrogens (primary N) is 2. The van der Waals surface area contributed by atoms with Gasteiger partial charge < -0.3 is 36.8 Å². The van der Waals surface area contributed by atoms with Gasteiger partial charge in [0.2, 0.25) is 18.2 Å². The van der Waals surface area contributed by atoms with E-state index in [1.807, 2.05) is 27.7 Å². The summed E-state index contributed by atoms with van der Waals surface area (Å²) in [5.41, 5.74) is 11.4. The summed E-state index contributed by atoms with van der Waals surface area (Å²) < 4.78 is 4.19. The highest BCUT2D eigenvalue weighted by atomic mass is 16.5. The molecule has 3 amide bonds. The standard InChI is InChI=1S/C17H36N4O2.C4H7NO3.C2H6O/c1-5-10-21(17(23)15(19)11-13(2)3)12-16(22)20-14(4)8-6-7-9-18;1-8-4(7)2-5-3-6;1-2-3/h13-15H,5-12,18-19H2,1-4H3,(H,20,22);3H,2H2,1H3,(H,5,6);3H,2H2,1H3. The lowest BCUT2D eigenvalue weighted by molar-refractivity contribution is -0.140. The monoisotopic (exact) mass is 491 g/mol. The zero-order valence-electron chi connectivity index (χ0n) is 22.0. The first kappa shape index (κ1) is 36.3. The average Bonchev–Trinajstić information content (AvgIpc) is 2.77. The quantitative estimate of drug-likeness (QED) is 0.122. The first-order valence-electron chi connectivity index (χ1n) is 11.9. The van der Waals surface area contributed by atoms with Crippen LogP contribution in [0.3, 0.4) is 0 Å². The average molecular weight is 492 g/mol. The maximum atomic E-state index is 12.4. The number of hydrogen-bond donors (Lipinski definition) is 5. The third-order valence-electron chi connectivity index (χ3n) is 4.24. The Labute approximate surface area is 205 Å². The van der Waals surface area contributed by atoms with Crippen LogP contribution in [0.25, 0.3) is 0 Å². The number of esters is 1. The van der Waals surface area contributed by atoms with Crippen LogP contribution < -0.4 is 22.1 Å². The molecule has 202 valence electrons. The molecule has 0 aromatic carbocycles. The molecule has 2 atom stereocenters. The second kappa shape index (κ2) is 25.4. The van der Waals surface area contributed by atoms with Crippen molar-refractivity contribution in [2.75, 3.05) is 39.9 Å². The van der Waals surface area contributed by atoms with E-state index in [2.05, 4.69) is 15.4 Å². The number of aliphatic hydroxyl groups is 1. The number of nitrogens with zero attached hydrogens (tertiary/aromatic N) is 1. The molecule has 0 spiro atoms. The van der Waals surface area contributed by atoms with E-state index < -0.39 is 12.0 Å². The smallest absolute Gasteiger partial charge is 0.325 e. The SMILES string of the molecule is CCCN(CC(=O)NC(C)CCCCN)C(=O)C(N)CC(C)C.CCO.COC(=O)CNC=O. The van der Waals surface area contributed by atoms with E-state index >= 15 is 0 Å². The fourth-order valence-electron chi connectivity index (χ4n) is 2.74. The van der Waals surface area contributed by atoms with Crippen molar-refractivity contribution in [3.63, 3.8) is 0 Å². The Hall–Kier alpha value is -2.24. The summed E-state index contributed by atoms with van der Waals surface area (Å²) in [6, 6.07) is -0.437. The molecule has 34 heavy (non-hydrogen) atoms. The van der Waals surface area contributed by atoms with Gasteiger partial charge in [-0.25, -0.2) is 0 Å². The van der Waals surface area contributed by atoms with Crippen LogP contribution in [0, 0.1) is 5.92 Å². The number of nitrogens with one attached hydrogen (secondary N) is 2. The summed E-state index contributed by atoms with van der Waals surface area (Å²) in [7, 11) is 1.26. The van der Waals surface area contributed by atoms with Crippen molar-refractivity contribution in [1.82, 2.24) is 15.5 Å². The van der Waals surface area contributed by atoms with Crippen LogP contribution in [0.2, 0.25) is 0 Å². The summed E-state index contributed by atoms with van der Waals surface area (Å²) in [6.07, 6.45) is 4.74. The number of aliphatic hydroxyl groups excluding tert-OH is 1. The zero-order chi connectivity index (χ0) is 26.9. The van der Waals surface area contributed by atoms with E-state index in [1.165, 1.54) is 7.11 Å². The van der Waals surface area contributed by atoms with E-state index in [0.29, 0.717) is 31.8 Å². The normalized spacial score (nSPS) is 11.6. The van der Waals surface area contributed by atoms with Crippen molar-refractivity contribution in [3.8, 4) is 0 Å². The van der Waals surface area contributed by atoms with E-state index in [9.17, 15) is 19.2 Å². The Morgan fingerprint density at radius 2 is 1.74 bits per heavy atom. The Bertz CT molecular complexity index is 534. The third kappa shape index (κ3) is 24.4. The van der Waals surface area contributed by atoms with Gasteiger partial charge >= 0.3 is 5.97 Å². The van der Waals surface area contributed by atoms with E-state index in [4.69, 9.17) is 16.6 Å². The van der Waals surface area contributed by atoms with Gasteiger partial charge in [0.1, 0.15) is 6.54 Å². The molecule has 7 N–H and O–H groups in total. The van der Waals surface area contributed by atoms with Gasteiger partial charge in [-0.15, -0.1) is 0 Å². The molecule has 0 aliphatic rings. The van der Waals surface area contributed by atoms with Crippen LogP contribution in [0.5, 0.6) is 0 Å². The summed E-state index contributed by atoms with van der Waals surface area (Å²) in [5, 5.41) is 12.7. The number of rotatable bonds is 15. The zero-order valence-corrected chi connectivity index (χ0v) is 22.0. The van der Waals surface area contributed by atoms with E-state index in [1.54, 1.807) is 11.8 Å². The maximum Gasteiger partial charge on any atom is 0.325 e. The fourth-order valence-corrected chi connectivity index (χ4v) is 2.74. The van der Waals surface area contributed by atoms with Crippen LogP contribution in [-0.2, 0) is 23.9 Å². The number of ether oxygens (including phenoxy) is 1. The van der Waals surface area contributed by atoms with Gasteiger partial charge in [-0.1, -0.05) is 27.2 Å². The summed E-state index contributed by atoms with van der Waals surface area (Å²) in [5.74, 6) is -0.346. The third-order valence-corrected chi connectivity index (χ3v) is 4.24. The van der Waals surface area contributed by atoms with Crippen LogP contribution in [0.15, 0.2) is 0 Å². The van der Waals surface area contributed by atoms with Crippen molar-refractivity contribution in [2.24, 2.45) is 17.4 Å². The van der Waals surface area contributed by atoms with Gasteiger partial charge in [0, 0.05) is 19.2 Å². The van der Waals surface area contributed by atoms with Gasteiger partial charge in [-0.05, 0) is 52.0 Å². The predicted octanol–water partition coefficient (Wildman–Crippen LogP) is 0.136. The molecule has 0 aromatic heterocycles. The minimum atomic E-state index is -0.531. The van der Waals surface area contributed by atoms with Gasteiger partial charge in [0.25, 0.3) is 0 Å². The lowest BCUT2D eigenvalue weighted by Crippen LogP contribution is -2.49. The highest BCUT2D eigenvalue weighted by Crippen LogP contribution is 2.07. The molecular formula is C23H49N5O6. The summed E-state index contributed by atoms with van der Waals surface area (Å²) >= 11 is 0. The predicted molar refractivity (Wildman–Crippen MR) is 134 cm³/mol. The lowest BCUT2D eigenvalue weighted by Gasteiger charge is -2.26. The Morgan fingerprint density at radius 3 is 2.18 bits per heavy atom. The molecular weight excluding hydrogens is 442 g/mol. The number of carbonyl (C=O) groups excluding carboxylic acids is 4. The molecule has 0 fully saturated rings. The highest BCUT2D eigenvalue weighted by Gasteiger charge is 2.23. The Balaban J connectivity index is -0.000000723.